The first-order chi connectivity index (χ1) is 18.9. The van der Waals surface area contributed by atoms with E-state index in [0.29, 0.717) is 41.2 Å². The lowest BCUT2D eigenvalue weighted by Crippen LogP contribution is -2.66. The van der Waals surface area contributed by atoms with Crippen LogP contribution in [0, 0.1) is 23.2 Å². The van der Waals surface area contributed by atoms with Gasteiger partial charge in [0.05, 0.1) is 37.5 Å². The zero-order valence-electron chi connectivity index (χ0n) is 22.0. The first kappa shape index (κ1) is 27.1. The van der Waals surface area contributed by atoms with Gasteiger partial charge in [0.15, 0.2) is 10.5 Å². The molecule has 2 N–H and O–H groups in total. The van der Waals surface area contributed by atoms with Gasteiger partial charge in [0.1, 0.15) is 17.3 Å². The van der Waals surface area contributed by atoms with Crippen LogP contribution >= 0.6 is 11.8 Å². The van der Waals surface area contributed by atoms with Gasteiger partial charge in [-0.1, -0.05) is 25.7 Å². The number of aromatic nitrogens is 2. The highest BCUT2D eigenvalue weighted by molar-refractivity contribution is 8.14. The molecule has 1 atom stereocenters. The van der Waals surface area contributed by atoms with Crippen molar-refractivity contribution < 1.29 is 23.0 Å². The number of carbonyl (C=O) groups excluding carboxylic acids is 1. The van der Waals surface area contributed by atoms with Crippen molar-refractivity contribution in [2.75, 3.05) is 38.3 Å². The van der Waals surface area contributed by atoms with Gasteiger partial charge in [-0.15, -0.1) is 0 Å². The van der Waals surface area contributed by atoms with E-state index in [1.165, 1.54) is 37.3 Å². The predicted octanol–water partition coefficient (Wildman–Crippen LogP) is 4.03. The van der Waals surface area contributed by atoms with Crippen LogP contribution in [0.2, 0.25) is 0 Å². The van der Waals surface area contributed by atoms with E-state index in [1.807, 2.05) is 13.8 Å². The number of alkyl halides is 2. The van der Waals surface area contributed by atoms with E-state index in [4.69, 9.17) is 9.47 Å². The van der Waals surface area contributed by atoms with Crippen molar-refractivity contribution in [1.29, 1.82) is 0 Å². The van der Waals surface area contributed by atoms with Crippen molar-refractivity contribution in [2.24, 2.45) is 16.4 Å². The largest absolute Gasteiger partial charge is 0.494 e. The fourth-order valence-electron chi connectivity index (χ4n) is 4.46. The molecule has 3 aliphatic heterocycles. The monoisotopic (exact) mass is 556 g/mol. The van der Waals surface area contributed by atoms with Gasteiger partial charge in [-0.3, -0.25) is 20.5 Å². The highest BCUT2D eigenvalue weighted by Gasteiger charge is 2.49. The van der Waals surface area contributed by atoms with Crippen LogP contribution < -0.4 is 20.4 Å². The van der Waals surface area contributed by atoms with Crippen LogP contribution in [0.3, 0.4) is 0 Å². The second-order valence-electron chi connectivity index (χ2n) is 9.61. The Bertz CT molecular complexity index is 1330. The number of amidine groups is 1. The molecule has 5 heterocycles. The Morgan fingerprint density at radius 3 is 2.62 bits per heavy atom. The molecule has 3 fully saturated rings. The summed E-state index contributed by atoms with van der Waals surface area (Å²) < 4.78 is 37.8. The van der Waals surface area contributed by atoms with Gasteiger partial charge in [-0.2, -0.15) is 5.10 Å². The van der Waals surface area contributed by atoms with Gasteiger partial charge < -0.3 is 14.4 Å². The number of rotatable bonds is 5. The summed E-state index contributed by atoms with van der Waals surface area (Å²) in [5.41, 5.74) is 3.59. The van der Waals surface area contributed by atoms with Gasteiger partial charge in [-0.25, -0.2) is 13.8 Å². The number of nitrogens with one attached hydrogen (secondary N) is 2. The van der Waals surface area contributed by atoms with E-state index in [1.54, 1.807) is 6.07 Å². The van der Waals surface area contributed by atoms with E-state index in [2.05, 4.69) is 42.6 Å². The molecule has 9 nitrogen and oxygen atoms in total. The topological polar surface area (TPSA) is 101 Å². The van der Waals surface area contributed by atoms with Crippen LogP contribution in [0.25, 0.3) is 11.1 Å². The lowest BCUT2D eigenvalue weighted by Gasteiger charge is -2.55. The van der Waals surface area contributed by atoms with Crippen LogP contribution in [-0.4, -0.2) is 59.8 Å². The number of pyridine rings is 2. The third kappa shape index (κ3) is 5.79. The lowest BCUT2D eigenvalue weighted by atomic mass is 9.78. The summed E-state index contributed by atoms with van der Waals surface area (Å²) in [5, 5.41) is 7.10. The third-order valence-electron chi connectivity index (χ3n) is 6.68. The molecule has 6 rings (SSSR count). The van der Waals surface area contributed by atoms with Crippen LogP contribution in [0.4, 0.5) is 14.6 Å². The molecule has 1 aliphatic carbocycles. The van der Waals surface area contributed by atoms with Crippen LogP contribution in [-0.2, 0) is 4.74 Å². The number of nitrogens with zero attached hydrogens (tertiary/aromatic N) is 4. The molecule has 39 heavy (non-hydrogen) atoms. The third-order valence-corrected chi connectivity index (χ3v) is 7.55. The smallest absolute Gasteiger partial charge is 0.280 e. The molecule has 1 saturated carbocycles. The summed E-state index contributed by atoms with van der Waals surface area (Å²) in [4.78, 5) is 23.8. The van der Waals surface area contributed by atoms with Crippen molar-refractivity contribution >= 4 is 28.7 Å². The number of hydrogen-bond acceptors (Lipinski definition) is 9. The van der Waals surface area contributed by atoms with E-state index in [9.17, 15) is 13.6 Å². The Morgan fingerprint density at radius 1 is 1.21 bits per heavy atom. The number of halogens is 2. The second kappa shape index (κ2) is 11.4. The molecule has 2 aromatic rings. The molecule has 2 aromatic heterocycles. The summed E-state index contributed by atoms with van der Waals surface area (Å²) in [6, 6.07) is 2.99. The molecule has 0 bridgehead atoms. The van der Waals surface area contributed by atoms with Crippen molar-refractivity contribution in [3.8, 4) is 28.7 Å². The Hall–Kier alpha value is -3.43. The van der Waals surface area contributed by atoms with Crippen molar-refractivity contribution in [3.63, 3.8) is 0 Å². The van der Waals surface area contributed by atoms with Gasteiger partial charge in [0.25, 0.3) is 12.3 Å². The number of thioether (sulfide) groups is 1. The van der Waals surface area contributed by atoms with E-state index < -0.39 is 18.0 Å². The molecule has 1 spiro atoms. The number of hydrogen-bond donors (Lipinski definition) is 2. The van der Waals surface area contributed by atoms with E-state index >= 15 is 0 Å². The van der Waals surface area contributed by atoms with Crippen LogP contribution in [0.5, 0.6) is 5.75 Å². The molecular formula is C27H30F2N6O3S. The summed E-state index contributed by atoms with van der Waals surface area (Å²) in [6.07, 6.45) is 2.17. The maximum absolute atomic E-state index is 13.5. The summed E-state index contributed by atoms with van der Waals surface area (Å²) in [7, 11) is 1.43. The fourth-order valence-corrected chi connectivity index (χ4v) is 5.17. The van der Waals surface area contributed by atoms with E-state index in [0.717, 1.165) is 25.9 Å². The Morgan fingerprint density at radius 2 is 1.97 bits per heavy atom. The first-order valence-electron chi connectivity index (χ1n) is 12.9. The molecule has 12 heteroatoms. The SMILES string of the molecule is CC.COc1cnc(C(F)F)cc1-c1cc(N2CC3(COC3)C2)ncc1C(=O)NC1=NNC(C#CC2CC2)S1. The second-order valence-corrected chi connectivity index (χ2v) is 10.7. The number of amides is 1. The number of methoxy groups -OCH3 is 1. The fraction of sp³-hybridized carbons (Fsp3) is 0.481. The molecule has 206 valence electrons. The van der Waals surface area contributed by atoms with Crippen LogP contribution in [0.15, 0.2) is 29.6 Å². The molecule has 4 aliphatic rings. The zero-order valence-corrected chi connectivity index (χ0v) is 22.8. The summed E-state index contributed by atoms with van der Waals surface area (Å²) in [6.45, 7) is 6.99. The van der Waals surface area contributed by atoms with Gasteiger partial charge in [0.2, 0.25) is 0 Å². The molecule has 2 saturated heterocycles. The minimum absolute atomic E-state index is 0.152. The van der Waals surface area contributed by atoms with Crippen LogP contribution in [0.1, 0.15) is 49.2 Å². The zero-order chi connectivity index (χ0) is 27.6. The molecule has 1 unspecified atom stereocenters. The van der Waals surface area contributed by atoms with Crippen molar-refractivity contribution in [2.45, 2.75) is 38.5 Å². The minimum atomic E-state index is -2.78. The normalized spacial score (nSPS) is 20.4. The van der Waals surface area contributed by atoms with Crippen molar-refractivity contribution in [3.05, 3.63) is 35.8 Å². The molecular weight excluding hydrogens is 526 g/mol. The number of hydrazone groups is 1. The average Bonchev–Trinajstić information content (AvgIpc) is 3.63. The van der Waals surface area contributed by atoms with Crippen molar-refractivity contribution in [1.82, 2.24) is 20.7 Å². The van der Waals surface area contributed by atoms with E-state index in [-0.39, 0.29) is 22.1 Å². The summed E-state index contributed by atoms with van der Waals surface area (Å²) in [5.74, 6) is 7.20. The minimum Gasteiger partial charge on any atom is -0.494 e. The number of anilines is 1. The highest BCUT2D eigenvalue weighted by Crippen LogP contribution is 2.42. The van der Waals surface area contributed by atoms with Gasteiger partial charge in [0, 0.05) is 36.3 Å². The molecule has 0 radical (unpaired) electrons. The average molecular weight is 557 g/mol. The molecule has 1 amide bonds. The Balaban J connectivity index is 0.00000151. The van der Waals surface area contributed by atoms with Gasteiger partial charge in [-0.05, 0) is 36.7 Å². The number of ether oxygens (including phenoxy) is 2. The highest BCUT2D eigenvalue weighted by atomic mass is 32.2. The lowest BCUT2D eigenvalue weighted by molar-refractivity contribution is -0.127. The summed E-state index contributed by atoms with van der Waals surface area (Å²) >= 11 is 1.31. The number of carbonyl (C=O) groups is 1. The quantitative estimate of drug-likeness (QED) is 0.533. The van der Waals surface area contributed by atoms with Gasteiger partial charge >= 0.3 is 0 Å². The predicted molar refractivity (Wildman–Crippen MR) is 146 cm³/mol. The Labute approximate surface area is 230 Å². The first-order valence-corrected chi connectivity index (χ1v) is 13.8. The standard InChI is InChI=1S/C25H24F2N6O3S.C2H6/c1-35-19-9-28-18(22(26)27)6-16(19)15-7-20(33-10-25(11-33)12-36-13-25)29-8-17(15)23(34)30-24-32-31-21(37-24)5-4-14-2-3-14;1-2/h6-9,14,21-22,31H,2-3,10-13H2,1H3,(H,30,32,34);1-2H3. The maximum atomic E-state index is 13.5. The Kier molecular flexibility index (Phi) is 7.91. The maximum Gasteiger partial charge on any atom is 0.280 e. The molecule has 0 aromatic carbocycles.